The van der Waals surface area contributed by atoms with Crippen molar-refractivity contribution in [2.75, 3.05) is 63.9 Å². The molecule has 2 aromatic carbocycles. The molecule has 14 heteroatoms. The molecular weight excluding hydrogens is 604 g/mol. The number of aliphatic hydroxyl groups is 1. The van der Waals surface area contributed by atoms with Gasteiger partial charge in [-0.15, -0.1) is 0 Å². The van der Waals surface area contributed by atoms with Crippen LogP contribution in [0.2, 0.25) is 0 Å². The zero-order valence-electron chi connectivity index (χ0n) is 24.6. The number of ether oxygens (including phenoxy) is 2. The average Bonchev–Trinajstić information content (AvgIpc) is 3.28. The van der Waals surface area contributed by atoms with Crippen molar-refractivity contribution in [1.82, 2.24) is 9.47 Å². The lowest BCUT2D eigenvalue weighted by Crippen LogP contribution is -2.50. The number of fused-ring (bicyclic) bond motifs is 1. The van der Waals surface area contributed by atoms with Crippen molar-refractivity contribution in [2.45, 2.75) is 42.4 Å². The van der Waals surface area contributed by atoms with Gasteiger partial charge < -0.3 is 29.8 Å². The topological polar surface area (TPSA) is 105 Å². The predicted molar refractivity (Wildman–Crippen MR) is 161 cm³/mol. The van der Waals surface area contributed by atoms with Gasteiger partial charge in [-0.25, -0.2) is 12.8 Å². The van der Waals surface area contributed by atoms with Crippen LogP contribution in [0.3, 0.4) is 0 Å². The van der Waals surface area contributed by atoms with Gasteiger partial charge in [0.15, 0.2) is 9.84 Å². The van der Waals surface area contributed by atoms with Gasteiger partial charge >= 0.3 is 6.18 Å². The monoisotopic (exact) mass is 640 g/mol. The van der Waals surface area contributed by atoms with Crippen LogP contribution < -0.4 is 15.4 Å². The predicted octanol–water partition coefficient (Wildman–Crippen LogP) is 3.91. The summed E-state index contributed by atoms with van der Waals surface area (Å²) in [7, 11) is -0.571. The first-order valence-electron chi connectivity index (χ1n) is 13.9. The Balaban J connectivity index is 1.54. The van der Waals surface area contributed by atoms with Crippen LogP contribution >= 0.6 is 0 Å². The number of aliphatic hydroxyl groups excluding tert-OH is 1. The van der Waals surface area contributed by atoms with E-state index in [0.717, 1.165) is 10.8 Å². The van der Waals surface area contributed by atoms with Crippen LogP contribution in [0.1, 0.15) is 12.1 Å². The molecule has 2 heterocycles. The molecule has 240 valence electrons. The van der Waals surface area contributed by atoms with Gasteiger partial charge in [0, 0.05) is 50.1 Å². The number of hydrogen-bond acceptors (Lipinski definition) is 8. The summed E-state index contributed by atoms with van der Waals surface area (Å²) in [5, 5.41) is 16.7. The molecule has 3 N–H and O–H groups in total. The number of halogens is 4. The molecular formula is C30H36F4N4O5S. The summed E-state index contributed by atoms with van der Waals surface area (Å²) in [5.41, 5.74) is 1.40. The van der Waals surface area contributed by atoms with E-state index in [1.165, 1.54) is 32.4 Å². The fourth-order valence-electron chi connectivity index (χ4n) is 5.22. The van der Waals surface area contributed by atoms with Gasteiger partial charge in [0.05, 0.1) is 54.2 Å². The lowest BCUT2D eigenvalue weighted by Gasteiger charge is -2.36. The summed E-state index contributed by atoms with van der Waals surface area (Å²) in [6, 6.07) is 10.2. The summed E-state index contributed by atoms with van der Waals surface area (Å²) < 4.78 is 90.9. The fraction of sp³-hybridized carbons (Fsp3) is 0.467. The van der Waals surface area contributed by atoms with E-state index in [1.807, 2.05) is 4.90 Å². The highest BCUT2D eigenvalue weighted by molar-refractivity contribution is 7.90. The van der Waals surface area contributed by atoms with Gasteiger partial charge in [0.1, 0.15) is 18.5 Å². The lowest BCUT2D eigenvalue weighted by molar-refractivity contribution is -0.140. The molecule has 9 nitrogen and oxygen atoms in total. The maximum absolute atomic E-state index is 15.2. The van der Waals surface area contributed by atoms with Gasteiger partial charge in [-0.2, -0.15) is 13.2 Å². The summed E-state index contributed by atoms with van der Waals surface area (Å²) in [5.74, 6) is 5.92. The Labute approximate surface area is 254 Å². The molecule has 1 aromatic heterocycles. The highest BCUT2D eigenvalue weighted by Gasteiger charge is 2.32. The van der Waals surface area contributed by atoms with Crippen LogP contribution in [0.25, 0.3) is 10.9 Å². The lowest BCUT2D eigenvalue weighted by atomic mass is 10.0. The molecule has 0 saturated carbocycles. The van der Waals surface area contributed by atoms with Crippen molar-refractivity contribution >= 4 is 32.1 Å². The molecule has 0 aliphatic carbocycles. The van der Waals surface area contributed by atoms with Gasteiger partial charge in [-0.05, 0) is 42.7 Å². The van der Waals surface area contributed by atoms with Crippen LogP contribution in [-0.2, 0) is 21.1 Å². The molecule has 1 fully saturated rings. The van der Waals surface area contributed by atoms with E-state index in [2.05, 4.69) is 22.5 Å². The van der Waals surface area contributed by atoms with E-state index in [0.29, 0.717) is 35.2 Å². The zero-order valence-corrected chi connectivity index (χ0v) is 25.4. The number of aromatic nitrogens is 1. The number of β-amino-alcohol motifs (C(OH)–C–C–N with tert-alkyl or cyclic N) is 1. The van der Waals surface area contributed by atoms with Crippen molar-refractivity contribution in [1.29, 1.82) is 0 Å². The number of benzene rings is 2. The number of nitrogens with one attached hydrogen (secondary N) is 2. The summed E-state index contributed by atoms with van der Waals surface area (Å²) >= 11 is 0. The number of methoxy groups -OCH3 is 2. The fourth-order valence-corrected chi connectivity index (χ4v) is 5.86. The van der Waals surface area contributed by atoms with Crippen LogP contribution in [0.5, 0.6) is 5.75 Å². The van der Waals surface area contributed by atoms with Gasteiger partial charge in [0.2, 0.25) is 0 Å². The summed E-state index contributed by atoms with van der Waals surface area (Å²) in [4.78, 5) is 1.90. The number of nitrogens with zero attached hydrogens (tertiary/aromatic N) is 2. The standard InChI is InChI=1S/C30H36F4N4O5S/c1-42-18-21(39)16-37-13-11-26(24(31)17-37)36-25-7-4-8-28-23(25)14-20(38(28)19-30(32,33)34)6-5-12-35-27-10-9-22(44(3,40)41)15-29(27)43-2/h4,7-10,14-15,21,24,26,35-36,39H,11-13,16-19H2,1-3H3/t21-,24+,26-/m1/s1. The highest BCUT2D eigenvalue weighted by Crippen LogP contribution is 2.32. The summed E-state index contributed by atoms with van der Waals surface area (Å²) in [6.07, 6.45) is -4.98. The maximum Gasteiger partial charge on any atom is 0.406 e. The van der Waals surface area contributed by atoms with Gasteiger partial charge in [-0.3, -0.25) is 4.90 Å². The van der Waals surface area contributed by atoms with Crippen molar-refractivity contribution in [3.05, 3.63) is 48.2 Å². The number of likely N-dealkylation sites (tertiary alicyclic amines) is 1. The molecule has 3 atom stereocenters. The Bertz CT molecular complexity index is 1620. The molecule has 0 unspecified atom stereocenters. The van der Waals surface area contributed by atoms with Crippen molar-refractivity contribution in [3.63, 3.8) is 0 Å². The van der Waals surface area contributed by atoms with E-state index in [-0.39, 0.29) is 42.6 Å². The Kier molecular flexibility index (Phi) is 10.7. The van der Waals surface area contributed by atoms with Gasteiger partial charge in [-0.1, -0.05) is 12.0 Å². The Morgan fingerprint density at radius 3 is 2.59 bits per heavy atom. The number of alkyl halides is 4. The molecule has 1 aliphatic rings. The third-order valence-electron chi connectivity index (χ3n) is 7.26. The quantitative estimate of drug-likeness (QED) is 0.214. The minimum absolute atomic E-state index is 0.0361. The van der Waals surface area contributed by atoms with E-state index in [9.17, 15) is 26.7 Å². The van der Waals surface area contributed by atoms with E-state index >= 15 is 4.39 Å². The number of anilines is 2. The third-order valence-corrected chi connectivity index (χ3v) is 8.37. The van der Waals surface area contributed by atoms with Crippen molar-refractivity contribution < 1.29 is 40.6 Å². The Morgan fingerprint density at radius 1 is 1.16 bits per heavy atom. The molecule has 3 aromatic rings. The maximum atomic E-state index is 15.2. The van der Waals surface area contributed by atoms with Crippen LogP contribution in [-0.4, -0.2) is 101 Å². The molecule has 1 aliphatic heterocycles. The normalized spacial score (nSPS) is 18.5. The van der Waals surface area contributed by atoms with Crippen molar-refractivity contribution in [3.8, 4) is 17.6 Å². The SMILES string of the molecule is COC[C@H](O)CN1CC[C@@H](Nc2cccc3c2cc(C#CCNc2ccc(S(C)(=O)=O)cc2OC)n3CC(F)(F)F)[C@@H](F)C1. The molecule has 0 radical (unpaired) electrons. The highest BCUT2D eigenvalue weighted by atomic mass is 32.2. The third kappa shape index (κ3) is 8.56. The Morgan fingerprint density at radius 2 is 1.93 bits per heavy atom. The van der Waals surface area contributed by atoms with E-state index in [4.69, 9.17) is 9.47 Å². The zero-order chi connectivity index (χ0) is 32.1. The number of sulfone groups is 1. The molecule has 0 bridgehead atoms. The van der Waals surface area contributed by atoms with E-state index < -0.39 is 40.9 Å². The molecule has 4 rings (SSSR count). The second-order valence-electron chi connectivity index (χ2n) is 10.7. The number of hydrogen-bond donors (Lipinski definition) is 3. The molecule has 1 saturated heterocycles. The first kappa shape index (κ1) is 33.4. The van der Waals surface area contributed by atoms with Crippen molar-refractivity contribution in [2.24, 2.45) is 0 Å². The smallest absolute Gasteiger partial charge is 0.406 e. The minimum Gasteiger partial charge on any atom is -0.495 e. The average molecular weight is 641 g/mol. The first-order chi connectivity index (χ1) is 20.8. The molecule has 44 heavy (non-hydrogen) atoms. The second-order valence-corrected chi connectivity index (χ2v) is 12.7. The number of rotatable bonds is 11. The molecule has 0 amide bonds. The first-order valence-corrected chi connectivity index (χ1v) is 15.8. The van der Waals surface area contributed by atoms with Crippen LogP contribution in [0.4, 0.5) is 28.9 Å². The second kappa shape index (κ2) is 14.1. The minimum atomic E-state index is -4.51. The van der Waals surface area contributed by atoms with Crippen LogP contribution in [0, 0.1) is 11.8 Å². The largest absolute Gasteiger partial charge is 0.495 e. The number of piperidine rings is 1. The van der Waals surface area contributed by atoms with Crippen LogP contribution in [0.15, 0.2) is 47.4 Å². The van der Waals surface area contributed by atoms with Gasteiger partial charge in [0.25, 0.3) is 0 Å². The van der Waals surface area contributed by atoms with E-state index in [1.54, 1.807) is 24.3 Å². The Hall–Kier alpha value is -3.51. The summed E-state index contributed by atoms with van der Waals surface area (Å²) in [6.45, 7) is -0.141. The molecule has 0 spiro atoms.